The number of ether oxygens (including phenoxy) is 1. The molecule has 0 saturated heterocycles. The molecule has 2 N–H and O–H groups in total. The zero-order valence-electron chi connectivity index (χ0n) is 10.4. The first kappa shape index (κ1) is 12.4. The van der Waals surface area contributed by atoms with Gasteiger partial charge in [0.1, 0.15) is 6.10 Å². The Kier molecular flexibility index (Phi) is 3.12. The number of aliphatic hydroxyl groups excluding tert-OH is 2. The fourth-order valence-electron chi connectivity index (χ4n) is 2.80. The number of carbonyl (C=O) groups excluding carboxylic acids is 1. The summed E-state index contributed by atoms with van der Waals surface area (Å²) in [5.41, 5.74) is 1.37. The quantitative estimate of drug-likeness (QED) is 0.794. The lowest BCUT2D eigenvalue weighted by Gasteiger charge is -2.38. The minimum Gasteiger partial charge on any atom is -0.496 e. The Morgan fingerprint density at radius 1 is 1.05 bits per heavy atom. The summed E-state index contributed by atoms with van der Waals surface area (Å²) in [5, 5.41) is 19.3. The van der Waals surface area contributed by atoms with Crippen molar-refractivity contribution in [3.05, 3.63) is 42.2 Å². The van der Waals surface area contributed by atoms with Crippen LogP contribution >= 0.6 is 0 Å². The van der Waals surface area contributed by atoms with E-state index in [1.54, 1.807) is 0 Å². The maximum Gasteiger partial charge on any atom is 0.173 e. The van der Waals surface area contributed by atoms with Crippen LogP contribution in [-0.4, -0.2) is 34.3 Å². The fourth-order valence-corrected chi connectivity index (χ4v) is 2.80. The van der Waals surface area contributed by atoms with Gasteiger partial charge in [0.2, 0.25) is 0 Å². The van der Waals surface area contributed by atoms with Gasteiger partial charge in [-0.25, -0.2) is 0 Å². The van der Waals surface area contributed by atoms with Crippen LogP contribution < -0.4 is 0 Å². The molecule has 3 rings (SSSR count). The molecule has 2 aliphatic rings. The molecule has 4 atom stereocenters. The number of hydrogen-bond donors (Lipinski definition) is 2. The molecule has 1 aliphatic heterocycles. The van der Waals surface area contributed by atoms with E-state index in [0.29, 0.717) is 12.0 Å². The summed E-state index contributed by atoms with van der Waals surface area (Å²) in [4.78, 5) is 12.5. The largest absolute Gasteiger partial charge is 0.496 e. The Morgan fingerprint density at radius 3 is 2.47 bits per heavy atom. The van der Waals surface area contributed by atoms with E-state index in [-0.39, 0.29) is 24.2 Å². The highest BCUT2D eigenvalue weighted by molar-refractivity contribution is 6.22. The number of Topliss-reactive ketones (excluding diaryl/α,β-unsaturated/α-hetero) is 1. The lowest BCUT2D eigenvalue weighted by molar-refractivity contribution is -0.134. The van der Waals surface area contributed by atoms with Crippen molar-refractivity contribution in [1.82, 2.24) is 0 Å². The summed E-state index contributed by atoms with van der Waals surface area (Å²) in [7, 11) is 0. The Morgan fingerprint density at radius 2 is 1.74 bits per heavy atom. The number of carbonyl (C=O) groups is 1. The van der Waals surface area contributed by atoms with Crippen LogP contribution in [0.15, 0.2) is 36.6 Å². The van der Waals surface area contributed by atoms with Crippen molar-refractivity contribution in [2.45, 2.75) is 31.2 Å². The van der Waals surface area contributed by atoms with Gasteiger partial charge in [0.05, 0.1) is 30.0 Å². The van der Waals surface area contributed by atoms with Gasteiger partial charge in [-0.05, 0) is 12.0 Å². The van der Waals surface area contributed by atoms with E-state index in [2.05, 4.69) is 0 Å². The molecule has 1 aromatic carbocycles. The van der Waals surface area contributed by atoms with Crippen LogP contribution in [0, 0.1) is 5.92 Å². The molecule has 1 aromatic rings. The van der Waals surface area contributed by atoms with Gasteiger partial charge in [0.25, 0.3) is 0 Å². The van der Waals surface area contributed by atoms with E-state index < -0.39 is 12.2 Å². The second kappa shape index (κ2) is 4.79. The minimum absolute atomic E-state index is 0.00611. The van der Waals surface area contributed by atoms with E-state index in [4.69, 9.17) is 4.74 Å². The molecule has 1 saturated carbocycles. The fraction of sp³-hybridized carbons (Fsp3) is 0.400. The molecule has 19 heavy (non-hydrogen) atoms. The molecule has 4 nitrogen and oxygen atoms in total. The Balaban J connectivity index is 1.89. The summed E-state index contributed by atoms with van der Waals surface area (Å²) < 4.78 is 5.58. The van der Waals surface area contributed by atoms with Gasteiger partial charge in [0, 0.05) is 6.42 Å². The van der Waals surface area contributed by atoms with Gasteiger partial charge < -0.3 is 14.9 Å². The van der Waals surface area contributed by atoms with Crippen LogP contribution in [0.5, 0.6) is 0 Å². The Hall–Kier alpha value is -1.65. The smallest absolute Gasteiger partial charge is 0.173 e. The van der Waals surface area contributed by atoms with Crippen molar-refractivity contribution in [2.75, 3.05) is 0 Å². The summed E-state index contributed by atoms with van der Waals surface area (Å²) in [5.74, 6) is -0.369. The molecule has 1 aliphatic carbocycles. The van der Waals surface area contributed by atoms with Gasteiger partial charge in [-0.15, -0.1) is 0 Å². The lowest BCUT2D eigenvalue weighted by atomic mass is 9.76. The molecule has 1 fully saturated rings. The highest BCUT2D eigenvalue weighted by Gasteiger charge is 2.43. The normalized spacial score (nSPS) is 34.2. The molecular formula is C15H16O4. The number of ketones is 1. The lowest BCUT2D eigenvalue weighted by Crippen LogP contribution is -2.47. The number of allylic oxidation sites excluding steroid dienone is 1. The predicted molar refractivity (Wildman–Crippen MR) is 69.0 cm³/mol. The van der Waals surface area contributed by atoms with E-state index >= 15 is 0 Å². The molecule has 0 bridgehead atoms. The van der Waals surface area contributed by atoms with E-state index in [1.165, 1.54) is 6.26 Å². The highest BCUT2D eigenvalue weighted by atomic mass is 16.5. The van der Waals surface area contributed by atoms with Crippen molar-refractivity contribution in [3.63, 3.8) is 0 Å². The standard InChI is InChI=1S/C15H16O4/c16-12-6-10-14(7-13(12)17)19-8-11(15(10)18)9-4-2-1-3-5-9/h1-5,8,10,12-14,16-17H,6-7H2. The molecule has 1 heterocycles. The molecule has 100 valence electrons. The van der Waals surface area contributed by atoms with Crippen LogP contribution in [0.4, 0.5) is 0 Å². The number of benzene rings is 1. The molecule has 0 radical (unpaired) electrons. The average Bonchev–Trinajstić information content (AvgIpc) is 2.42. The van der Waals surface area contributed by atoms with Crippen LogP contribution in [0.2, 0.25) is 0 Å². The second-order valence-corrected chi connectivity index (χ2v) is 5.15. The number of fused-ring (bicyclic) bond motifs is 1. The predicted octanol–water partition coefficient (Wildman–Crippen LogP) is 1.13. The van der Waals surface area contributed by atoms with Crippen molar-refractivity contribution in [2.24, 2.45) is 5.92 Å². The molecule has 0 aromatic heterocycles. The third-order valence-electron chi connectivity index (χ3n) is 3.91. The van der Waals surface area contributed by atoms with E-state index in [9.17, 15) is 15.0 Å². The van der Waals surface area contributed by atoms with E-state index in [0.717, 1.165) is 5.56 Å². The number of aliphatic hydroxyl groups is 2. The first-order chi connectivity index (χ1) is 9.16. The zero-order valence-corrected chi connectivity index (χ0v) is 10.4. The summed E-state index contributed by atoms with van der Waals surface area (Å²) in [6.45, 7) is 0. The molecule has 4 unspecified atom stereocenters. The Labute approximate surface area is 111 Å². The van der Waals surface area contributed by atoms with Crippen molar-refractivity contribution in [1.29, 1.82) is 0 Å². The topological polar surface area (TPSA) is 66.8 Å². The summed E-state index contributed by atoms with van der Waals surface area (Å²) in [6, 6.07) is 9.36. The van der Waals surface area contributed by atoms with Gasteiger partial charge in [-0.2, -0.15) is 0 Å². The van der Waals surface area contributed by atoms with Crippen LogP contribution in [0.25, 0.3) is 5.57 Å². The third kappa shape index (κ3) is 2.17. The van der Waals surface area contributed by atoms with Crippen LogP contribution in [0.3, 0.4) is 0 Å². The first-order valence-electron chi connectivity index (χ1n) is 6.48. The second-order valence-electron chi connectivity index (χ2n) is 5.15. The molecular weight excluding hydrogens is 244 g/mol. The van der Waals surface area contributed by atoms with Gasteiger partial charge in [-0.1, -0.05) is 30.3 Å². The van der Waals surface area contributed by atoms with Crippen molar-refractivity contribution in [3.8, 4) is 0 Å². The van der Waals surface area contributed by atoms with Crippen molar-refractivity contribution >= 4 is 11.4 Å². The minimum atomic E-state index is -0.844. The van der Waals surface area contributed by atoms with Crippen LogP contribution in [-0.2, 0) is 9.53 Å². The summed E-state index contributed by atoms with van der Waals surface area (Å²) >= 11 is 0. The Bertz CT molecular complexity index is 508. The van der Waals surface area contributed by atoms with Gasteiger partial charge in [0.15, 0.2) is 5.78 Å². The molecule has 0 amide bonds. The van der Waals surface area contributed by atoms with Gasteiger partial charge in [-0.3, -0.25) is 4.79 Å². The maximum atomic E-state index is 12.5. The highest BCUT2D eigenvalue weighted by Crippen LogP contribution is 2.36. The maximum absolute atomic E-state index is 12.5. The number of rotatable bonds is 1. The average molecular weight is 260 g/mol. The first-order valence-corrected chi connectivity index (χ1v) is 6.48. The van der Waals surface area contributed by atoms with Crippen LogP contribution in [0.1, 0.15) is 18.4 Å². The third-order valence-corrected chi connectivity index (χ3v) is 3.91. The van der Waals surface area contributed by atoms with E-state index in [1.807, 2.05) is 30.3 Å². The zero-order chi connectivity index (χ0) is 13.4. The summed E-state index contributed by atoms with van der Waals surface area (Å²) in [6.07, 6.45) is 0.0804. The molecule has 4 heteroatoms. The SMILES string of the molecule is O=C1C(c2ccccc2)=COC2CC(O)C(O)CC12. The van der Waals surface area contributed by atoms with Gasteiger partial charge >= 0.3 is 0 Å². The molecule has 0 spiro atoms. The van der Waals surface area contributed by atoms with Crippen molar-refractivity contribution < 1.29 is 19.7 Å². The number of hydrogen-bond acceptors (Lipinski definition) is 4. The monoisotopic (exact) mass is 260 g/mol.